The highest BCUT2D eigenvalue weighted by Crippen LogP contribution is 2.15. The van der Waals surface area contributed by atoms with Crippen molar-refractivity contribution in [3.63, 3.8) is 0 Å². The molecule has 0 unspecified atom stereocenters. The summed E-state index contributed by atoms with van der Waals surface area (Å²) in [6.07, 6.45) is 0. The first-order valence-electron chi connectivity index (χ1n) is 4.75. The standard InChI is InChI=1S/C9H8ClN3O4S/c10-6-1-3-7(4-2-6)17-5-8-11-9(14)13-18(15,16)12-8/h1-4H,5H2,(H2,11,12,13,14). The number of hydrogen-bond acceptors (Lipinski definition) is 4. The van der Waals surface area contributed by atoms with Gasteiger partial charge in [-0.15, -0.1) is 4.40 Å². The monoisotopic (exact) mass is 289 g/mol. The highest BCUT2D eigenvalue weighted by Gasteiger charge is 2.22. The van der Waals surface area contributed by atoms with E-state index in [1.807, 2.05) is 0 Å². The lowest BCUT2D eigenvalue weighted by molar-refractivity contribution is 0.249. The average molecular weight is 290 g/mol. The number of benzene rings is 1. The normalized spacial score (nSPS) is 17.4. The molecule has 0 fully saturated rings. The zero-order valence-electron chi connectivity index (χ0n) is 8.88. The van der Waals surface area contributed by atoms with Crippen LogP contribution in [0.25, 0.3) is 0 Å². The molecular weight excluding hydrogens is 282 g/mol. The third-order valence-corrected chi connectivity index (χ3v) is 3.06. The Balaban J connectivity index is 2.04. The summed E-state index contributed by atoms with van der Waals surface area (Å²) in [5.74, 6) is 0.390. The summed E-state index contributed by atoms with van der Waals surface area (Å²) in [6.45, 7) is -0.172. The zero-order valence-corrected chi connectivity index (χ0v) is 10.5. The summed E-state index contributed by atoms with van der Waals surface area (Å²) >= 11 is 5.69. The number of hydrogen-bond donors (Lipinski definition) is 2. The molecule has 9 heteroatoms. The molecule has 18 heavy (non-hydrogen) atoms. The molecule has 0 radical (unpaired) electrons. The van der Waals surface area contributed by atoms with E-state index in [1.165, 1.54) is 0 Å². The van der Waals surface area contributed by atoms with Gasteiger partial charge < -0.3 is 4.74 Å². The minimum Gasteiger partial charge on any atom is -0.486 e. The van der Waals surface area contributed by atoms with Gasteiger partial charge in [-0.1, -0.05) is 11.6 Å². The van der Waals surface area contributed by atoms with Crippen molar-refractivity contribution in [3.8, 4) is 5.75 Å². The summed E-state index contributed by atoms with van der Waals surface area (Å²) in [4.78, 5) is 11.0. The maximum Gasteiger partial charge on any atom is 0.347 e. The zero-order chi connectivity index (χ0) is 13.2. The highest BCUT2D eigenvalue weighted by atomic mass is 35.5. The fraction of sp³-hybridized carbons (Fsp3) is 0.111. The predicted molar refractivity (Wildman–Crippen MR) is 65.0 cm³/mol. The van der Waals surface area contributed by atoms with Crippen molar-refractivity contribution in [3.05, 3.63) is 29.3 Å². The van der Waals surface area contributed by atoms with E-state index in [-0.39, 0.29) is 12.4 Å². The van der Waals surface area contributed by atoms with Crippen molar-refractivity contribution in [1.82, 2.24) is 10.0 Å². The quantitative estimate of drug-likeness (QED) is 0.855. The molecule has 1 aliphatic heterocycles. The number of rotatable bonds is 3. The molecule has 0 atom stereocenters. The Morgan fingerprint density at radius 2 is 1.94 bits per heavy atom. The molecule has 96 valence electrons. The highest BCUT2D eigenvalue weighted by molar-refractivity contribution is 7.89. The molecule has 0 saturated carbocycles. The van der Waals surface area contributed by atoms with Crippen LogP contribution < -0.4 is 14.8 Å². The van der Waals surface area contributed by atoms with Crippen molar-refractivity contribution >= 4 is 33.7 Å². The molecule has 1 aromatic carbocycles. The van der Waals surface area contributed by atoms with Gasteiger partial charge in [-0.05, 0) is 24.3 Å². The Morgan fingerprint density at radius 1 is 1.28 bits per heavy atom. The van der Waals surface area contributed by atoms with Gasteiger partial charge in [-0.3, -0.25) is 5.32 Å². The topological polar surface area (TPSA) is 96.9 Å². The summed E-state index contributed by atoms with van der Waals surface area (Å²) in [5, 5.41) is 2.78. The number of ether oxygens (including phenoxy) is 1. The third kappa shape index (κ3) is 3.34. The van der Waals surface area contributed by atoms with Gasteiger partial charge in [0.1, 0.15) is 12.4 Å². The first-order chi connectivity index (χ1) is 8.44. The summed E-state index contributed by atoms with van der Waals surface area (Å²) < 4.78 is 32.4. The van der Waals surface area contributed by atoms with E-state index >= 15 is 0 Å². The average Bonchev–Trinajstić information content (AvgIpc) is 2.25. The van der Waals surface area contributed by atoms with Crippen molar-refractivity contribution in [2.75, 3.05) is 6.61 Å². The fourth-order valence-electron chi connectivity index (χ4n) is 1.21. The Hall–Kier alpha value is -1.80. The number of amides is 2. The number of amidine groups is 1. The number of carbonyl (C=O) groups is 1. The smallest absolute Gasteiger partial charge is 0.347 e. The molecule has 7 nitrogen and oxygen atoms in total. The van der Waals surface area contributed by atoms with Crippen LogP contribution in [0.2, 0.25) is 5.02 Å². The Kier molecular flexibility index (Phi) is 3.39. The van der Waals surface area contributed by atoms with Crippen molar-refractivity contribution in [2.45, 2.75) is 0 Å². The van der Waals surface area contributed by atoms with Crippen LogP contribution in [0.15, 0.2) is 28.7 Å². The molecule has 0 saturated heterocycles. The second kappa shape index (κ2) is 4.83. The summed E-state index contributed by atoms with van der Waals surface area (Å²) in [7, 11) is -3.97. The minimum absolute atomic E-state index is 0.0892. The van der Waals surface area contributed by atoms with Crippen LogP contribution in [0, 0.1) is 0 Å². The summed E-state index contributed by atoms with van der Waals surface area (Å²) in [5.41, 5.74) is 0. The lowest BCUT2D eigenvalue weighted by Gasteiger charge is -2.14. The molecule has 1 aromatic rings. The maximum absolute atomic E-state index is 11.1. The van der Waals surface area contributed by atoms with Crippen LogP contribution in [0.1, 0.15) is 0 Å². The second-order valence-electron chi connectivity index (χ2n) is 3.31. The molecule has 0 aliphatic carbocycles. The van der Waals surface area contributed by atoms with E-state index in [0.29, 0.717) is 10.8 Å². The Bertz CT molecular complexity index is 597. The van der Waals surface area contributed by atoms with E-state index < -0.39 is 16.2 Å². The number of halogens is 1. The molecular formula is C9H8ClN3O4S. The minimum atomic E-state index is -3.97. The maximum atomic E-state index is 11.1. The molecule has 1 heterocycles. The first kappa shape index (κ1) is 12.7. The van der Waals surface area contributed by atoms with E-state index in [9.17, 15) is 13.2 Å². The van der Waals surface area contributed by atoms with Crippen molar-refractivity contribution < 1.29 is 17.9 Å². The van der Waals surface area contributed by atoms with Gasteiger partial charge in [0, 0.05) is 5.02 Å². The first-order valence-corrected chi connectivity index (χ1v) is 6.57. The van der Waals surface area contributed by atoms with Gasteiger partial charge in [-0.25, -0.2) is 9.52 Å². The van der Waals surface area contributed by atoms with Gasteiger partial charge in [0.25, 0.3) is 0 Å². The SMILES string of the molecule is O=C1NC(COc2ccc(Cl)cc2)=NS(=O)(=O)N1. The van der Waals surface area contributed by atoms with E-state index in [4.69, 9.17) is 16.3 Å². The van der Waals surface area contributed by atoms with Gasteiger partial charge in [-0.2, -0.15) is 8.42 Å². The summed E-state index contributed by atoms with van der Waals surface area (Å²) in [6, 6.07) is 5.60. The van der Waals surface area contributed by atoms with E-state index in [2.05, 4.69) is 9.71 Å². The number of nitrogens with one attached hydrogen (secondary N) is 2. The molecule has 0 spiro atoms. The number of urea groups is 1. The van der Waals surface area contributed by atoms with Crippen molar-refractivity contribution in [1.29, 1.82) is 0 Å². The van der Waals surface area contributed by atoms with E-state index in [1.54, 1.807) is 29.0 Å². The van der Waals surface area contributed by atoms with Crippen molar-refractivity contribution in [2.24, 2.45) is 4.40 Å². The fourth-order valence-corrected chi connectivity index (χ4v) is 2.05. The molecule has 2 N–H and O–H groups in total. The second-order valence-corrected chi connectivity index (χ2v) is 5.09. The lowest BCUT2D eigenvalue weighted by atomic mass is 10.3. The third-order valence-electron chi connectivity index (χ3n) is 1.90. The molecule has 2 rings (SSSR count). The Morgan fingerprint density at radius 3 is 2.56 bits per heavy atom. The van der Waals surface area contributed by atoms with Crippen LogP contribution in [0.4, 0.5) is 4.79 Å². The van der Waals surface area contributed by atoms with Crippen LogP contribution >= 0.6 is 11.6 Å². The van der Waals surface area contributed by atoms with Gasteiger partial charge in [0.2, 0.25) is 0 Å². The number of nitrogens with zero attached hydrogens (tertiary/aromatic N) is 1. The largest absolute Gasteiger partial charge is 0.486 e. The molecule has 2 amide bonds. The predicted octanol–water partition coefficient (Wildman–Crippen LogP) is 0.675. The van der Waals surface area contributed by atoms with Crippen LogP contribution in [0.3, 0.4) is 0 Å². The molecule has 0 aromatic heterocycles. The lowest BCUT2D eigenvalue weighted by Crippen LogP contribution is -2.48. The van der Waals surface area contributed by atoms with Crippen LogP contribution in [-0.2, 0) is 10.2 Å². The Labute approximate surface area is 108 Å². The van der Waals surface area contributed by atoms with Crippen LogP contribution in [0.5, 0.6) is 5.75 Å². The molecule has 1 aliphatic rings. The number of carbonyl (C=O) groups excluding carboxylic acids is 1. The molecule has 0 bridgehead atoms. The van der Waals surface area contributed by atoms with Gasteiger partial charge in [0.05, 0.1) is 0 Å². The van der Waals surface area contributed by atoms with Crippen LogP contribution in [-0.4, -0.2) is 26.9 Å². The van der Waals surface area contributed by atoms with Gasteiger partial charge in [0.15, 0.2) is 5.84 Å². The van der Waals surface area contributed by atoms with Gasteiger partial charge >= 0.3 is 16.2 Å². The van der Waals surface area contributed by atoms with E-state index in [0.717, 1.165) is 0 Å².